The van der Waals surface area contributed by atoms with Gasteiger partial charge < -0.3 is 14.5 Å². The first kappa shape index (κ1) is 20.3. The molecular weight excluding hydrogens is 431 g/mol. The van der Waals surface area contributed by atoms with Crippen LogP contribution in [0.25, 0.3) is 6.08 Å². The molecule has 1 N–H and O–H groups in total. The standard InChI is InChI=1S/C21H20Cl2N2O3S/c22-16-7-4-8-17(23)19(16)27-12-15-10-9-14(28-15)11-18-20(26)25(21(29)24-18)13-5-2-1-3-6-13/h4,7-11,13H,1-3,5-6,12H2,(H,24,29)/b18-11+. The van der Waals surface area contributed by atoms with Gasteiger partial charge in [-0.3, -0.25) is 9.69 Å². The number of furan rings is 1. The molecule has 2 fully saturated rings. The van der Waals surface area contributed by atoms with Crippen LogP contribution in [-0.4, -0.2) is 22.0 Å². The van der Waals surface area contributed by atoms with Crippen LogP contribution in [0, 0.1) is 0 Å². The molecular formula is C21H20Cl2N2O3S. The number of rotatable bonds is 5. The summed E-state index contributed by atoms with van der Waals surface area (Å²) in [5.74, 6) is 1.44. The number of benzene rings is 1. The maximum absolute atomic E-state index is 12.8. The Labute approximate surface area is 184 Å². The van der Waals surface area contributed by atoms with Crippen molar-refractivity contribution in [3.8, 4) is 5.75 Å². The first-order valence-electron chi connectivity index (χ1n) is 9.54. The topological polar surface area (TPSA) is 54.7 Å². The molecule has 4 rings (SSSR count). The highest BCUT2D eigenvalue weighted by Crippen LogP contribution is 2.33. The van der Waals surface area contributed by atoms with E-state index in [4.69, 9.17) is 44.6 Å². The quantitative estimate of drug-likeness (QED) is 0.477. The fourth-order valence-electron chi connectivity index (χ4n) is 3.68. The van der Waals surface area contributed by atoms with Gasteiger partial charge in [-0.15, -0.1) is 0 Å². The molecule has 1 aromatic carbocycles. The van der Waals surface area contributed by atoms with E-state index in [1.807, 2.05) is 0 Å². The number of hydrogen-bond acceptors (Lipinski definition) is 4. The molecule has 2 aliphatic rings. The summed E-state index contributed by atoms with van der Waals surface area (Å²) >= 11 is 17.6. The minimum Gasteiger partial charge on any atom is -0.483 e. The van der Waals surface area contributed by atoms with E-state index in [1.165, 1.54) is 6.42 Å². The van der Waals surface area contributed by atoms with Crippen molar-refractivity contribution in [3.05, 3.63) is 57.6 Å². The molecule has 0 atom stereocenters. The largest absolute Gasteiger partial charge is 0.483 e. The maximum atomic E-state index is 12.8. The van der Waals surface area contributed by atoms with Gasteiger partial charge in [0.25, 0.3) is 5.91 Å². The molecule has 1 aromatic heterocycles. The number of para-hydroxylation sites is 1. The van der Waals surface area contributed by atoms with Crippen LogP contribution in [-0.2, 0) is 11.4 Å². The zero-order valence-electron chi connectivity index (χ0n) is 15.6. The van der Waals surface area contributed by atoms with E-state index in [1.54, 1.807) is 41.3 Å². The second kappa shape index (κ2) is 8.78. The van der Waals surface area contributed by atoms with E-state index in [0.717, 1.165) is 25.7 Å². The van der Waals surface area contributed by atoms with Gasteiger partial charge in [0.2, 0.25) is 0 Å². The Bertz CT molecular complexity index is 946. The highest BCUT2D eigenvalue weighted by molar-refractivity contribution is 7.80. The SMILES string of the molecule is O=C1/C(=C\c2ccc(COc3c(Cl)cccc3Cl)o2)NC(=S)N1C1CCCCC1. The van der Waals surface area contributed by atoms with Crippen molar-refractivity contribution in [2.75, 3.05) is 0 Å². The summed E-state index contributed by atoms with van der Waals surface area (Å²) in [4.78, 5) is 14.5. The molecule has 152 valence electrons. The van der Waals surface area contributed by atoms with Crippen LogP contribution in [0.3, 0.4) is 0 Å². The van der Waals surface area contributed by atoms with Gasteiger partial charge in [-0.2, -0.15) is 0 Å². The van der Waals surface area contributed by atoms with Gasteiger partial charge in [0, 0.05) is 12.1 Å². The zero-order valence-corrected chi connectivity index (χ0v) is 17.9. The number of halogens is 2. The smallest absolute Gasteiger partial charge is 0.276 e. The van der Waals surface area contributed by atoms with Crippen LogP contribution in [0.2, 0.25) is 10.0 Å². The van der Waals surface area contributed by atoms with Crippen molar-refractivity contribution < 1.29 is 13.9 Å². The highest BCUT2D eigenvalue weighted by atomic mass is 35.5. The molecule has 0 bridgehead atoms. The molecule has 0 unspecified atom stereocenters. The number of thiocarbonyl (C=S) groups is 1. The molecule has 2 aromatic rings. The van der Waals surface area contributed by atoms with Crippen molar-refractivity contribution >= 4 is 52.5 Å². The molecule has 1 aliphatic heterocycles. The lowest BCUT2D eigenvalue weighted by Gasteiger charge is -2.29. The average molecular weight is 451 g/mol. The van der Waals surface area contributed by atoms with Crippen molar-refractivity contribution in [2.24, 2.45) is 0 Å². The van der Waals surface area contributed by atoms with Crippen LogP contribution in [0.4, 0.5) is 0 Å². The molecule has 29 heavy (non-hydrogen) atoms. The van der Waals surface area contributed by atoms with Crippen LogP contribution < -0.4 is 10.1 Å². The van der Waals surface area contributed by atoms with Crippen LogP contribution in [0.1, 0.15) is 43.6 Å². The number of carbonyl (C=O) groups is 1. The second-order valence-electron chi connectivity index (χ2n) is 7.10. The van der Waals surface area contributed by atoms with Crippen LogP contribution >= 0.6 is 35.4 Å². The number of ether oxygens (including phenoxy) is 1. The molecule has 5 nitrogen and oxygen atoms in total. The van der Waals surface area contributed by atoms with Crippen molar-refractivity contribution in [1.29, 1.82) is 0 Å². The molecule has 1 amide bonds. The Kier molecular flexibility index (Phi) is 6.13. The fraction of sp³-hybridized carbons (Fsp3) is 0.333. The summed E-state index contributed by atoms with van der Waals surface area (Å²) in [6.07, 6.45) is 7.14. The summed E-state index contributed by atoms with van der Waals surface area (Å²) in [7, 11) is 0. The van der Waals surface area contributed by atoms with Crippen molar-refractivity contribution in [2.45, 2.75) is 44.8 Å². The van der Waals surface area contributed by atoms with Gasteiger partial charge in [-0.1, -0.05) is 48.5 Å². The third-order valence-electron chi connectivity index (χ3n) is 5.10. The minimum absolute atomic E-state index is 0.0982. The summed E-state index contributed by atoms with van der Waals surface area (Å²) in [6, 6.07) is 8.91. The average Bonchev–Trinajstić information content (AvgIpc) is 3.26. The maximum Gasteiger partial charge on any atom is 0.276 e. The van der Waals surface area contributed by atoms with Crippen LogP contribution in [0.15, 0.2) is 40.4 Å². The van der Waals surface area contributed by atoms with Gasteiger partial charge in [-0.25, -0.2) is 0 Å². The third kappa shape index (κ3) is 4.44. The second-order valence-corrected chi connectivity index (χ2v) is 8.30. The van der Waals surface area contributed by atoms with E-state index >= 15 is 0 Å². The fourth-order valence-corrected chi connectivity index (χ4v) is 4.52. The minimum atomic E-state index is -0.0982. The van der Waals surface area contributed by atoms with Gasteiger partial charge in [-0.05, 0) is 49.3 Å². The number of nitrogens with zero attached hydrogens (tertiary/aromatic N) is 1. The Morgan fingerprint density at radius 1 is 1.17 bits per heavy atom. The lowest BCUT2D eigenvalue weighted by molar-refractivity contribution is -0.124. The molecule has 0 radical (unpaired) electrons. The Morgan fingerprint density at radius 3 is 2.62 bits per heavy atom. The summed E-state index contributed by atoms with van der Waals surface area (Å²) in [6.45, 7) is 0.167. The van der Waals surface area contributed by atoms with Gasteiger partial charge in [0.15, 0.2) is 10.9 Å². The van der Waals surface area contributed by atoms with E-state index < -0.39 is 0 Å². The summed E-state index contributed by atoms with van der Waals surface area (Å²) in [5.41, 5.74) is 0.427. The molecule has 1 saturated carbocycles. The molecule has 0 spiro atoms. The Hall–Kier alpha value is -2.02. The van der Waals surface area contributed by atoms with Gasteiger partial charge in [0.05, 0.1) is 10.0 Å². The first-order valence-corrected chi connectivity index (χ1v) is 10.7. The highest BCUT2D eigenvalue weighted by Gasteiger charge is 2.36. The normalized spacial score (nSPS) is 19.1. The van der Waals surface area contributed by atoms with E-state index in [2.05, 4.69) is 5.32 Å². The summed E-state index contributed by atoms with van der Waals surface area (Å²) in [5, 5.41) is 4.36. The van der Waals surface area contributed by atoms with E-state index in [0.29, 0.717) is 38.1 Å². The van der Waals surface area contributed by atoms with Gasteiger partial charge in [0.1, 0.15) is 23.8 Å². The first-order chi connectivity index (χ1) is 14.0. The molecule has 2 heterocycles. The predicted octanol–water partition coefficient (Wildman–Crippen LogP) is 5.56. The summed E-state index contributed by atoms with van der Waals surface area (Å²) < 4.78 is 11.5. The molecule has 1 aliphatic carbocycles. The Balaban J connectivity index is 1.43. The van der Waals surface area contributed by atoms with Crippen molar-refractivity contribution in [1.82, 2.24) is 10.2 Å². The van der Waals surface area contributed by atoms with Crippen LogP contribution in [0.5, 0.6) is 5.75 Å². The van der Waals surface area contributed by atoms with E-state index in [9.17, 15) is 4.79 Å². The predicted molar refractivity (Wildman–Crippen MR) is 117 cm³/mol. The molecule has 8 heteroatoms. The Morgan fingerprint density at radius 2 is 1.90 bits per heavy atom. The molecule has 1 saturated heterocycles. The monoisotopic (exact) mass is 450 g/mol. The lowest BCUT2D eigenvalue weighted by Crippen LogP contribution is -2.41. The lowest BCUT2D eigenvalue weighted by atomic mass is 9.94. The van der Waals surface area contributed by atoms with Gasteiger partial charge >= 0.3 is 0 Å². The van der Waals surface area contributed by atoms with Crippen molar-refractivity contribution in [3.63, 3.8) is 0 Å². The van der Waals surface area contributed by atoms with E-state index in [-0.39, 0.29) is 18.6 Å². The number of nitrogens with one attached hydrogen (secondary N) is 1. The number of hydrogen-bond donors (Lipinski definition) is 1. The zero-order chi connectivity index (χ0) is 20.4. The number of amides is 1. The number of carbonyl (C=O) groups excluding carboxylic acids is 1. The third-order valence-corrected chi connectivity index (χ3v) is 5.99.